The average Bonchev–Trinajstić information content (AvgIpc) is 3.36. The summed E-state index contributed by atoms with van der Waals surface area (Å²) in [6.45, 7) is 2.72. The van der Waals surface area contributed by atoms with Crippen molar-refractivity contribution in [2.24, 2.45) is 0 Å². The summed E-state index contributed by atoms with van der Waals surface area (Å²) < 4.78 is 16.2. The molecule has 2 aliphatic heterocycles. The van der Waals surface area contributed by atoms with Gasteiger partial charge in [0.05, 0.1) is 18.9 Å². The molecule has 2 aliphatic rings. The summed E-state index contributed by atoms with van der Waals surface area (Å²) in [6, 6.07) is 7.64. The van der Waals surface area contributed by atoms with E-state index in [9.17, 15) is 9.59 Å². The molecule has 8 heteroatoms. The van der Waals surface area contributed by atoms with Crippen LogP contribution in [0.4, 0.5) is 0 Å². The highest BCUT2D eigenvalue weighted by Crippen LogP contribution is 2.22. The van der Waals surface area contributed by atoms with E-state index in [0.29, 0.717) is 52.1 Å². The Morgan fingerprint density at radius 3 is 2.78 bits per heavy atom. The summed E-state index contributed by atoms with van der Waals surface area (Å²) in [4.78, 5) is 26.6. The number of fused-ring (bicyclic) bond motifs is 1. The molecule has 1 aromatic heterocycles. The van der Waals surface area contributed by atoms with Crippen LogP contribution in [0.2, 0.25) is 0 Å². The number of hydrogen-bond acceptors (Lipinski definition) is 6. The molecule has 144 valence electrons. The third-order valence-electron chi connectivity index (χ3n) is 5.02. The molecule has 3 heterocycles. The minimum absolute atomic E-state index is 0.0392. The van der Waals surface area contributed by atoms with Crippen LogP contribution in [-0.4, -0.2) is 66.9 Å². The monoisotopic (exact) mass is 373 g/mol. The Labute approximate surface area is 156 Å². The summed E-state index contributed by atoms with van der Waals surface area (Å²) in [5.41, 5.74) is 1.56. The van der Waals surface area contributed by atoms with Crippen molar-refractivity contribution < 1.29 is 23.6 Å². The predicted molar refractivity (Wildman–Crippen MR) is 96.0 cm³/mol. The van der Waals surface area contributed by atoms with Crippen LogP contribution in [0.25, 0.3) is 11.0 Å². The molecule has 0 unspecified atom stereocenters. The van der Waals surface area contributed by atoms with E-state index in [2.05, 4.69) is 10.5 Å². The highest BCUT2D eigenvalue weighted by atomic mass is 16.5. The minimum Gasteiger partial charge on any atom is -0.378 e. The quantitative estimate of drug-likeness (QED) is 0.837. The maximum absolute atomic E-state index is 12.5. The molecule has 1 aromatic carbocycles. The van der Waals surface area contributed by atoms with E-state index in [1.54, 1.807) is 4.90 Å². The summed E-state index contributed by atoms with van der Waals surface area (Å²) >= 11 is 0. The zero-order valence-corrected chi connectivity index (χ0v) is 15.1. The number of ether oxygens (including phenoxy) is 2. The van der Waals surface area contributed by atoms with Gasteiger partial charge < -0.3 is 24.2 Å². The molecular weight excluding hydrogens is 350 g/mol. The van der Waals surface area contributed by atoms with Crippen molar-refractivity contribution in [3.63, 3.8) is 0 Å². The molecule has 8 nitrogen and oxygen atoms in total. The van der Waals surface area contributed by atoms with Gasteiger partial charge in [-0.25, -0.2) is 0 Å². The number of rotatable bonds is 5. The van der Waals surface area contributed by atoms with Gasteiger partial charge in [-0.2, -0.15) is 0 Å². The van der Waals surface area contributed by atoms with Crippen molar-refractivity contribution in [2.75, 3.05) is 32.8 Å². The highest BCUT2D eigenvalue weighted by Gasteiger charge is 2.37. The van der Waals surface area contributed by atoms with Crippen molar-refractivity contribution in [1.29, 1.82) is 0 Å². The van der Waals surface area contributed by atoms with E-state index in [1.165, 1.54) is 0 Å². The van der Waals surface area contributed by atoms with E-state index in [4.69, 9.17) is 14.0 Å². The van der Waals surface area contributed by atoms with Crippen LogP contribution >= 0.6 is 0 Å². The third-order valence-corrected chi connectivity index (χ3v) is 5.02. The van der Waals surface area contributed by atoms with E-state index in [-0.39, 0.29) is 11.8 Å². The SMILES string of the molecule is O=C(NCCc1noc2ccccc12)[C@@H]1CC[C@H](C(=O)N2CCOCC2)O1. The van der Waals surface area contributed by atoms with Crippen molar-refractivity contribution >= 4 is 22.8 Å². The zero-order chi connectivity index (χ0) is 18.6. The number of hydrogen-bond donors (Lipinski definition) is 1. The largest absolute Gasteiger partial charge is 0.378 e. The van der Waals surface area contributed by atoms with Gasteiger partial charge in [0, 0.05) is 31.4 Å². The lowest BCUT2D eigenvalue weighted by molar-refractivity contribution is -0.149. The molecule has 0 saturated carbocycles. The van der Waals surface area contributed by atoms with E-state index in [0.717, 1.165) is 16.7 Å². The molecule has 2 aromatic rings. The lowest BCUT2D eigenvalue weighted by Crippen LogP contribution is -2.46. The number of nitrogens with one attached hydrogen (secondary N) is 1. The van der Waals surface area contributed by atoms with Gasteiger partial charge in [0.1, 0.15) is 12.2 Å². The van der Waals surface area contributed by atoms with Crippen molar-refractivity contribution in [2.45, 2.75) is 31.5 Å². The van der Waals surface area contributed by atoms with E-state index in [1.807, 2.05) is 24.3 Å². The minimum atomic E-state index is -0.575. The predicted octanol–water partition coefficient (Wildman–Crippen LogP) is 0.893. The van der Waals surface area contributed by atoms with E-state index >= 15 is 0 Å². The van der Waals surface area contributed by atoms with Gasteiger partial charge in [-0.3, -0.25) is 9.59 Å². The Kier molecular flexibility index (Phi) is 5.35. The second-order valence-electron chi connectivity index (χ2n) is 6.79. The smallest absolute Gasteiger partial charge is 0.251 e. The Bertz CT molecular complexity index is 815. The van der Waals surface area contributed by atoms with Crippen LogP contribution in [0.15, 0.2) is 28.8 Å². The summed E-state index contributed by atoms with van der Waals surface area (Å²) in [6.07, 6.45) is 0.597. The molecule has 0 bridgehead atoms. The summed E-state index contributed by atoms with van der Waals surface area (Å²) in [5, 5.41) is 7.89. The first-order chi connectivity index (χ1) is 13.2. The number of benzene rings is 1. The Hall–Kier alpha value is -2.45. The topological polar surface area (TPSA) is 93.9 Å². The van der Waals surface area contributed by atoms with Gasteiger partial charge in [-0.15, -0.1) is 0 Å². The molecule has 0 aliphatic carbocycles. The van der Waals surface area contributed by atoms with Crippen LogP contribution in [-0.2, 0) is 25.5 Å². The zero-order valence-electron chi connectivity index (χ0n) is 15.1. The fourth-order valence-electron chi connectivity index (χ4n) is 3.54. The lowest BCUT2D eigenvalue weighted by Gasteiger charge is -2.29. The van der Waals surface area contributed by atoms with Crippen LogP contribution in [0.1, 0.15) is 18.5 Å². The number of amides is 2. The number of carbonyl (C=O) groups is 2. The second kappa shape index (κ2) is 8.06. The molecular formula is C19H23N3O5. The molecule has 2 amide bonds. The second-order valence-corrected chi connectivity index (χ2v) is 6.79. The molecule has 2 atom stereocenters. The average molecular weight is 373 g/mol. The molecule has 27 heavy (non-hydrogen) atoms. The Morgan fingerprint density at radius 2 is 1.93 bits per heavy atom. The van der Waals surface area contributed by atoms with Gasteiger partial charge >= 0.3 is 0 Å². The van der Waals surface area contributed by atoms with Crippen LogP contribution in [0, 0.1) is 0 Å². The summed E-state index contributed by atoms with van der Waals surface area (Å²) in [5.74, 6) is -0.220. The van der Waals surface area contributed by atoms with E-state index < -0.39 is 12.2 Å². The Morgan fingerprint density at radius 1 is 1.15 bits per heavy atom. The van der Waals surface area contributed by atoms with Crippen molar-refractivity contribution in [1.82, 2.24) is 15.4 Å². The van der Waals surface area contributed by atoms with Crippen molar-refractivity contribution in [3.8, 4) is 0 Å². The Balaban J connectivity index is 1.25. The number of morpholine rings is 1. The van der Waals surface area contributed by atoms with Gasteiger partial charge in [-0.05, 0) is 25.0 Å². The first kappa shape index (κ1) is 17.9. The highest BCUT2D eigenvalue weighted by molar-refractivity contribution is 5.85. The lowest BCUT2D eigenvalue weighted by atomic mass is 10.1. The maximum atomic E-state index is 12.5. The fraction of sp³-hybridized carbons (Fsp3) is 0.526. The van der Waals surface area contributed by atoms with Crippen LogP contribution in [0.3, 0.4) is 0 Å². The van der Waals surface area contributed by atoms with Gasteiger partial charge in [0.25, 0.3) is 5.91 Å². The van der Waals surface area contributed by atoms with Crippen LogP contribution < -0.4 is 5.32 Å². The normalized spacial score (nSPS) is 22.9. The van der Waals surface area contributed by atoms with Gasteiger partial charge in [0.2, 0.25) is 5.91 Å². The molecule has 0 radical (unpaired) electrons. The number of aromatic nitrogens is 1. The molecule has 2 saturated heterocycles. The number of para-hydroxylation sites is 1. The molecule has 2 fully saturated rings. The number of carbonyl (C=O) groups excluding carboxylic acids is 2. The first-order valence-electron chi connectivity index (χ1n) is 9.35. The molecule has 0 spiro atoms. The van der Waals surface area contributed by atoms with Crippen LogP contribution in [0.5, 0.6) is 0 Å². The maximum Gasteiger partial charge on any atom is 0.251 e. The molecule has 4 rings (SSSR count). The van der Waals surface area contributed by atoms with Gasteiger partial charge in [-0.1, -0.05) is 17.3 Å². The number of nitrogens with zero attached hydrogens (tertiary/aromatic N) is 2. The standard InChI is InChI=1S/C19H23N3O5/c23-18(20-8-7-14-13-3-1-2-4-15(13)27-21-14)16-5-6-17(26-16)19(24)22-9-11-25-12-10-22/h1-4,16-17H,5-12H2,(H,20,23)/t16-,17+/m0/s1. The summed E-state index contributed by atoms with van der Waals surface area (Å²) in [7, 11) is 0. The molecule has 1 N–H and O–H groups in total. The first-order valence-corrected chi connectivity index (χ1v) is 9.35. The third kappa shape index (κ3) is 3.96. The van der Waals surface area contributed by atoms with Gasteiger partial charge in [0.15, 0.2) is 5.58 Å². The van der Waals surface area contributed by atoms with Crippen molar-refractivity contribution in [3.05, 3.63) is 30.0 Å². The fourth-order valence-corrected chi connectivity index (χ4v) is 3.54.